The fourth-order valence-corrected chi connectivity index (χ4v) is 1.91. The highest BCUT2D eigenvalue weighted by Gasteiger charge is 1.87. The van der Waals surface area contributed by atoms with Crippen LogP contribution in [-0.4, -0.2) is 0 Å². The Kier molecular flexibility index (Phi) is 15.0. The first-order valence-electron chi connectivity index (χ1n) is 7.71. The van der Waals surface area contributed by atoms with Crippen molar-refractivity contribution in [2.45, 2.75) is 84.5 Å². The normalized spacial score (nSPS) is 11.9. The van der Waals surface area contributed by atoms with Gasteiger partial charge in [-0.15, -0.1) is 0 Å². The summed E-state index contributed by atoms with van der Waals surface area (Å²) in [6.45, 7) is 4.47. The van der Waals surface area contributed by atoms with Gasteiger partial charge >= 0.3 is 0 Å². The zero-order valence-corrected chi connectivity index (χ0v) is 12.1. The first kappa shape index (κ1) is 16.5. The molecule has 0 rings (SSSR count). The van der Waals surface area contributed by atoms with E-state index in [1.54, 1.807) is 0 Å². The monoisotopic (exact) mass is 236 g/mol. The molecule has 100 valence electrons. The fraction of sp³-hybridized carbons (Fsp3) is 0.765. The molecule has 0 spiro atoms. The van der Waals surface area contributed by atoms with Gasteiger partial charge in [0.05, 0.1) is 0 Å². The molecule has 0 aromatic rings. The van der Waals surface area contributed by atoms with E-state index in [1.165, 1.54) is 70.6 Å². The predicted octanol–water partition coefficient (Wildman–Crippen LogP) is 6.43. The summed E-state index contributed by atoms with van der Waals surface area (Å²) in [6, 6.07) is 0. The first-order chi connectivity index (χ1) is 8.41. The van der Waals surface area contributed by atoms with Crippen LogP contribution in [0.4, 0.5) is 0 Å². The van der Waals surface area contributed by atoms with Crippen LogP contribution >= 0.6 is 0 Å². The van der Waals surface area contributed by atoms with Gasteiger partial charge < -0.3 is 0 Å². The zero-order valence-electron chi connectivity index (χ0n) is 12.1. The Labute approximate surface area is 109 Å². The lowest BCUT2D eigenvalue weighted by atomic mass is 10.1. The fourth-order valence-electron chi connectivity index (χ4n) is 1.91. The molecular weight excluding hydrogens is 204 g/mol. The van der Waals surface area contributed by atoms with Crippen molar-refractivity contribution in [3.63, 3.8) is 0 Å². The zero-order chi connectivity index (χ0) is 12.6. The Balaban J connectivity index is 3.06. The van der Waals surface area contributed by atoms with E-state index in [4.69, 9.17) is 0 Å². The summed E-state index contributed by atoms with van der Waals surface area (Å²) in [6.07, 6.45) is 24.0. The third kappa shape index (κ3) is 15.5. The van der Waals surface area contributed by atoms with E-state index in [-0.39, 0.29) is 0 Å². The molecule has 0 heteroatoms. The van der Waals surface area contributed by atoms with E-state index < -0.39 is 0 Å². The van der Waals surface area contributed by atoms with Crippen molar-refractivity contribution in [3.8, 4) is 0 Å². The number of hydrogen-bond acceptors (Lipinski definition) is 0. The standard InChI is InChI=1S/C17H32/c1-3-5-7-9-11-13-15-17-16-14-12-10-8-6-4-2/h5,7,14,16H,3-4,6,8-13,15,17H2,1-2H3/b7-5+,16-14+. The summed E-state index contributed by atoms with van der Waals surface area (Å²) in [5, 5.41) is 0. The molecule has 0 bridgehead atoms. The van der Waals surface area contributed by atoms with Gasteiger partial charge in [-0.2, -0.15) is 0 Å². The molecule has 0 saturated heterocycles. The average Bonchev–Trinajstić information content (AvgIpc) is 2.35. The molecule has 0 unspecified atom stereocenters. The van der Waals surface area contributed by atoms with Crippen LogP contribution in [0.3, 0.4) is 0 Å². The highest BCUT2D eigenvalue weighted by atomic mass is 13.9. The molecule has 0 amide bonds. The number of hydrogen-bond donors (Lipinski definition) is 0. The van der Waals surface area contributed by atoms with Crippen molar-refractivity contribution >= 4 is 0 Å². The third-order valence-electron chi connectivity index (χ3n) is 3.03. The van der Waals surface area contributed by atoms with Crippen molar-refractivity contribution < 1.29 is 0 Å². The van der Waals surface area contributed by atoms with Crippen LogP contribution in [0.15, 0.2) is 24.3 Å². The number of unbranched alkanes of at least 4 members (excludes halogenated alkanes) is 8. The van der Waals surface area contributed by atoms with Gasteiger partial charge in [-0.05, 0) is 44.9 Å². The molecule has 0 fully saturated rings. The Hall–Kier alpha value is -0.520. The highest BCUT2D eigenvalue weighted by molar-refractivity contribution is 4.82. The first-order valence-corrected chi connectivity index (χ1v) is 7.71. The van der Waals surface area contributed by atoms with Crippen LogP contribution in [-0.2, 0) is 0 Å². The maximum absolute atomic E-state index is 2.38. The summed E-state index contributed by atoms with van der Waals surface area (Å²) in [5.74, 6) is 0. The number of allylic oxidation sites excluding steroid dienone is 4. The van der Waals surface area contributed by atoms with Gasteiger partial charge in [-0.3, -0.25) is 0 Å². The minimum absolute atomic E-state index is 1.18. The van der Waals surface area contributed by atoms with Crippen molar-refractivity contribution in [2.75, 3.05) is 0 Å². The SMILES string of the molecule is CC/C=C/CCCCC/C=C/CCCCCC. The van der Waals surface area contributed by atoms with Gasteiger partial charge in [0.2, 0.25) is 0 Å². The van der Waals surface area contributed by atoms with Gasteiger partial charge in [0.15, 0.2) is 0 Å². The van der Waals surface area contributed by atoms with E-state index >= 15 is 0 Å². The lowest BCUT2D eigenvalue weighted by Gasteiger charge is -1.96. The molecule has 0 aromatic heterocycles. The second kappa shape index (κ2) is 15.5. The number of rotatable bonds is 12. The summed E-state index contributed by atoms with van der Waals surface area (Å²) >= 11 is 0. The lowest BCUT2D eigenvalue weighted by Crippen LogP contribution is -1.76. The minimum atomic E-state index is 1.18. The van der Waals surface area contributed by atoms with Crippen LogP contribution in [0.2, 0.25) is 0 Å². The van der Waals surface area contributed by atoms with Crippen LogP contribution < -0.4 is 0 Å². The summed E-state index contributed by atoms with van der Waals surface area (Å²) in [7, 11) is 0. The molecule has 0 heterocycles. The molecular formula is C17H32. The van der Waals surface area contributed by atoms with E-state index in [0.717, 1.165) is 0 Å². The van der Waals surface area contributed by atoms with Crippen LogP contribution in [0.1, 0.15) is 84.5 Å². The second-order valence-corrected chi connectivity index (χ2v) is 4.84. The quantitative estimate of drug-likeness (QED) is 0.270. The Bertz CT molecular complexity index is 176. The smallest absolute Gasteiger partial charge is 0.0351 e. The largest absolute Gasteiger partial charge is 0.0888 e. The molecule has 0 atom stereocenters. The highest BCUT2D eigenvalue weighted by Crippen LogP contribution is 2.06. The average molecular weight is 236 g/mol. The van der Waals surface area contributed by atoms with Gasteiger partial charge in [0.25, 0.3) is 0 Å². The Morgan fingerprint density at radius 1 is 0.529 bits per heavy atom. The van der Waals surface area contributed by atoms with Crippen molar-refractivity contribution in [3.05, 3.63) is 24.3 Å². The van der Waals surface area contributed by atoms with Gasteiger partial charge in [-0.25, -0.2) is 0 Å². The van der Waals surface area contributed by atoms with E-state index in [2.05, 4.69) is 38.2 Å². The second-order valence-electron chi connectivity index (χ2n) is 4.84. The molecule has 0 nitrogen and oxygen atoms in total. The maximum atomic E-state index is 2.38. The van der Waals surface area contributed by atoms with E-state index in [0.29, 0.717) is 0 Å². The van der Waals surface area contributed by atoms with Crippen molar-refractivity contribution in [1.82, 2.24) is 0 Å². The molecule has 0 saturated carbocycles. The predicted molar refractivity (Wildman–Crippen MR) is 80.4 cm³/mol. The summed E-state index contributed by atoms with van der Waals surface area (Å²) < 4.78 is 0. The minimum Gasteiger partial charge on any atom is -0.0888 e. The van der Waals surface area contributed by atoms with Crippen molar-refractivity contribution in [2.24, 2.45) is 0 Å². The molecule has 17 heavy (non-hydrogen) atoms. The van der Waals surface area contributed by atoms with Gasteiger partial charge in [0, 0.05) is 0 Å². The lowest BCUT2D eigenvalue weighted by molar-refractivity contribution is 0.670. The topological polar surface area (TPSA) is 0 Å². The van der Waals surface area contributed by atoms with Crippen LogP contribution in [0, 0.1) is 0 Å². The van der Waals surface area contributed by atoms with Crippen LogP contribution in [0.25, 0.3) is 0 Å². The van der Waals surface area contributed by atoms with E-state index in [9.17, 15) is 0 Å². The molecule has 0 aromatic carbocycles. The van der Waals surface area contributed by atoms with Gasteiger partial charge in [-0.1, -0.05) is 63.8 Å². The third-order valence-corrected chi connectivity index (χ3v) is 3.03. The van der Waals surface area contributed by atoms with Gasteiger partial charge in [0.1, 0.15) is 0 Å². The molecule has 0 aliphatic carbocycles. The van der Waals surface area contributed by atoms with Crippen LogP contribution in [0.5, 0.6) is 0 Å². The maximum Gasteiger partial charge on any atom is -0.0351 e. The summed E-state index contributed by atoms with van der Waals surface area (Å²) in [5.41, 5.74) is 0. The Morgan fingerprint density at radius 2 is 1.00 bits per heavy atom. The Morgan fingerprint density at radius 3 is 1.47 bits per heavy atom. The molecule has 0 aliphatic heterocycles. The van der Waals surface area contributed by atoms with E-state index in [1.807, 2.05) is 0 Å². The molecule has 0 radical (unpaired) electrons. The van der Waals surface area contributed by atoms with Crippen molar-refractivity contribution in [1.29, 1.82) is 0 Å². The molecule has 0 N–H and O–H groups in total. The summed E-state index contributed by atoms with van der Waals surface area (Å²) in [4.78, 5) is 0. The molecule has 0 aliphatic rings.